The van der Waals surface area contributed by atoms with Gasteiger partial charge in [0.05, 0.1) is 5.39 Å². The van der Waals surface area contributed by atoms with Crippen molar-refractivity contribution in [2.75, 3.05) is 0 Å². The number of hydrogen-bond donors (Lipinski definition) is 3. The zero-order valence-electron chi connectivity index (χ0n) is 7.78. The molecule has 2 aromatic rings. The van der Waals surface area contributed by atoms with Crippen molar-refractivity contribution in [1.29, 1.82) is 0 Å². The predicted octanol–water partition coefficient (Wildman–Crippen LogP) is -1.17. The number of aromatic nitrogens is 3. The quantitative estimate of drug-likeness (QED) is 0.521. The van der Waals surface area contributed by atoms with Crippen molar-refractivity contribution >= 4 is 16.9 Å². The van der Waals surface area contributed by atoms with Gasteiger partial charge in [-0.3, -0.25) is 9.59 Å². The van der Waals surface area contributed by atoms with Crippen molar-refractivity contribution in [2.24, 2.45) is 5.73 Å². The lowest BCUT2D eigenvalue weighted by Crippen LogP contribution is -2.29. The minimum Gasteiger partial charge on any atom is -0.506 e. The summed E-state index contributed by atoms with van der Waals surface area (Å²) in [5, 5.41) is 19.0. The molecule has 0 saturated heterocycles. The van der Waals surface area contributed by atoms with E-state index in [0.717, 1.165) is 12.5 Å². The Hall–Kier alpha value is -2.64. The average molecular weight is 222 g/mol. The van der Waals surface area contributed by atoms with E-state index in [0.29, 0.717) is 0 Å². The summed E-state index contributed by atoms with van der Waals surface area (Å²) >= 11 is 0. The Labute approximate surface area is 87.6 Å². The lowest BCUT2D eigenvalue weighted by Gasteiger charge is -2.06. The molecule has 0 aliphatic heterocycles. The molecular formula is C8H6N4O4. The molecule has 0 bridgehead atoms. The Balaban J connectivity index is 3.07. The van der Waals surface area contributed by atoms with Gasteiger partial charge < -0.3 is 16.0 Å². The van der Waals surface area contributed by atoms with Crippen LogP contribution in [0.5, 0.6) is 5.75 Å². The van der Waals surface area contributed by atoms with Gasteiger partial charge in [-0.05, 0) is 0 Å². The molecule has 2 heterocycles. The molecule has 0 aromatic carbocycles. The van der Waals surface area contributed by atoms with Gasteiger partial charge in [0.15, 0.2) is 5.65 Å². The number of carbonyl (C=O) groups is 1. The summed E-state index contributed by atoms with van der Waals surface area (Å²) in [5.41, 5.74) is 2.87. The van der Waals surface area contributed by atoms with E-state index in [-0.39, 0.29) is 15.8 Å². The summed E-state index contributed by atoms with van der Waals surface area (Å²) in [5.74, 6) is -1.78. The molecule has 8 nitrogen and oxygen atoms in total. The highest BCUT2D eigenvalue weighted by Gasteiger charge is 2.20. The van der Waals surface area contributed by atoms with Crippen molar-refractivity contribution in [1.82, 2.24) is 14.7 Å². The van der Waals surface area contributed by atoms with Gasteiger partial charge in [-0.2, -0.15) is 0 Å². The maximum atomic E-state index is 11.4. The third-order valence-corrected chi connectivity index (χ3v) is 2.04. The highest BCUT2D eigenvalue weighted by molar-refractivity contribution is 6.00. The number of fused-ring (bicyclic) bond motifs is 1. The second-order valence-corrected chi connectivity index (χ2v) is 2.96. The lowest BCUT2D eigenvalue weighted by molar-refractivity contribution is 0.0990. The Morgan fingerprint density at radius 3 is 2.81 bits per heavy atom. The van der Waals surface area contributed by atoms with E-state index in [2.05, 4.69) is 9.97 Å². The maximum Gasteiger partial charge on any atom is 0.301 e. The smallest absolute Gasteiger partial charge is 0.301 e. The molecular weight excluding hydrogens is 216 g/mol. The highest BCUT2D eigenvalue weighted by atomic mass is 16.5. The van der Waals surface area contributed by atoms with Crippen LogP contribution in [0.15, 0.2) is 17.3 Å². The van der Waals surface area contributed by atoms with Crippen LogP contribution in [0.1, 0.15) is 10.4 Å². The Morgan fingerprint density at radius 1 is 1.50 bits per heavy atom. The van der Waals surface area contributed by atoms with Crippen molar-refractivity contribution in [3.05, 3.63) is 28.4 Å². The van der Waals surface area contributed by atoms with Crippen LogP contribution in [-0.4, -0.2) is 30.9 Å². The third-order valence-electron chi connectivity index (χ3n) is 2.04. The minimum absolute atomic E-state index is 0.0431. The van der Waals surface area contributed by atoms with E-state index in [4.69, 9.17) is 5.73 Å². The standard InChI is InChI=1S/C8H6N4O4/c9-6(14)4-5(13)3-1-10-2-11-7(3)12(16)8(4)15/h1-2,13,16H,(H2,9,14). The van der Waals surface area contributed by atoms with Crippen LogP contribution < -0.4 is 11.3 Å². The molecule has 0 aliphatic carbocycles. The molecule has 1 amide bonds. The molecule has 0 saturated carbocycles. The predicted molar refractivity (Wildman–Crippen MR) is 51.2 cm³/mol. The van der Waals surface area contributed by atoms with E-state index in [1.165, 1.54) is 0 Å². The molecule has 82 valence electrons. The second kappa shape index (κ2) is 3.19. The lowest BCUT2D eigenvalue weighted by atomic mass is 10.2. The first kappa shape index (κ1) is 9.90. The van der Waals surface area contributed by atoms with Gasteiger partial charge in [-0.15, -0.1) is 4.73 Å². The van der Waals surface area contributed by atoms with Crippen LogP contribution in [-0.2, 0) is 0 Å². The van der Waals surface area contributed by atoms with Crippen LogP contribution in [0.4, 0.5) is 0 Å². The van der Waals surface area contributed by atoms with Crippen molar-refractivity contribution in [3.63, 3.8) is 0 Å². The molecule has 0 aliphatic rings. The van der Waals surface area contributed by atoms with Crippen molar-refractivity contribution in [3.8, 4) is 5.75 Å². The number of pyridine rings is 1. The van der Waals surface area contributed by atoms with Crippen molar-refractivity contribution < 1.29 is 15.1 Å². The van der Waals surface area contributed by atoms with Crippen LogP contribution in [0, 0.1) is 0 Å². The molecule has 16 heavy (non-hydrogen) atoms. The summed E-state index contributed by atoms with van der Waals surface area (Å²) < 4.78 is 0.136. The molecule has 0 atom stereocenters. The van der Waals surface area contributed by atoms with Gasteiger partial charge >= 0.3 is 5.56 Å². The van der Waals surface area contributed by atoms with E-state index < -0.39 is 22.8 Å². The van der Waals surface area contributed by atoms with Gasteiger partial charge in [0, 0.05) is 6.20 Å². The molecule has 0 spiro atoms. The van der Waals surface area contributed by atoms with E-state index in [1.807, 2.05) is 0 Å². The topological polar surface area (TPSA) is 131 Å². The average Bonchev–Trinajstić information content (AvgIpc) is 2.26. The normalized spacial score (nSPS) is 10.5. The number of carbonyl (C=O) groups excluding carboxylic acids is 1. The molecule has 2 rings (SSSR count). The fraction of sp³-hybridized carbons (Fsp3) is 0. The van der Waals surface area contributed by atoms with Crippen LogP contribution >= 0.6 is 0 Å². The summed E-state index contributed by atoms with van der Waals surface area (Å²) in [6, 6.07) is 0. The number of amides is 1. The van der Waals surface area contributed by atoms with Crippen LogP contribution in [0.2, 0.25) is 0 Å². The first-order valence-electron chi connectivity index (χ1n) is 4.10. The monoisotopic (exact) mass is 222 g/mol. The maximum absolute atomic E-state index is 11.4. The van der Waals surface area contributed by atoms with Gasteiger partial charge in [-0.25, -0.2) is 9.97 Å². The van der Waals surface area contributed by atoms with Gasteiger partial charge in [-0.1, -0.05) is 0 Å². The summed E-state index contributed by atoms with van der Waals surface area (Å²) in [7, 11) is 0. The van der Waals surface area contributed by atoms with Gasteiger partial charge in [0.1, 0.15) is 17.6 Å². The van der Waals surface area contributed by atoms with Crippen LogP contribution in [0.25, 0.3) is 11.0 Å². The molecule has 0 radical (unpaired) electrons. The fourth-order valence-corrected chi connectivity index (χ4v) is 1.32. The van der Waals surface area contributed by atoms with E-state index >= 15 is 0 Å². The Morgan fingerprint density at radius 2 is 2.19 bits per heavy atom. The number of nitrogens with two attached hydrogens (primary N) is 1. The number of aromatic hydroxyl groups is 1. The Bertz CT molecular complexity index is 648. The highest BCUT2D eigenvalue weighted by Crippen LogP contribution is 2.22. The summed E-state index contributed by atoms with van der Waals surface area (Å²) in [6.45, 7) is 0. The number of primary amides is 1. The number of rotatable bonds is 1. The summed E-state index contributed by atoms with van der Waals surface area (Å²) in [6.07, 6.45) is 2.23. The zero-order valence-corrected chi connectivity index (χ0v) is 7.78. The van der Waals surface area contributed by atoms with Gasteiger partial charge in [0.25, 0.3) is 5.91 Å². The Kier molecular flexibility index (Phi) is 1.97. The second-order valence-electron chi connectivity index (χ2n) is 2.96. The molecule has 2 aromatic heterocycles. The number of nitrogens with zero attached hydrogens (tertiary/aromatic N) is 3. The zero-order chi connectivity index (χ0) is 11.9. The van der Waals surface area contributed by atoms with Gasteiger partial charge in [0.2, 0.25) is 0 Å². The number of hydrogen-bond acceptors (Lipinski definition) is 6. The molecule has 0 unspecified atom stereocenters. The first-order chi connectivity index (χ1) is 7.54. The van der Waals surface area contributed by atoms with E-state index in [9.17, 15) is 19.9 Å². The van der Waals surface area contributed by atoms with Crippen LogP contribution in [0.3, 0.4) is 0 Å². The fourth-order valence-electron chi connectivity index (χ4n) is 1.32. The largest absolute Gasteiger partial charge is 0.506 e. The summed E-state index contributed by atoms with van der Waals surface area (Å²) in [4.78, 5) is 29.6. The molecule has 8 heteroatoms. The minimum atomic E-state index is -1.14. The van der Waals surface area contributed by atoms with E-state index in [1.54, 1.807) is 0 Å². The third kappa shape index (κ3) is 1.16. The first-order valence-corrected chi connectivity index (χ1v) is 4.10. The molecule has 4 N–H and O–H groups in total. The van der Waals surface area contributed by atoms with Crippen molar-refractivity contribution in [2.45, 2.75) is 0 Å². The SMILES string of the molecule is NC(=O)c1c(O)c2cncnc2n(O)c1=O. The molecule has 0 fully saturated rings.